The van der Waals surface area contributed by atoms with E-state index in [1.54, 1.807) is 12.1 Å². The van der Waals surface area contributed by atoms with Crippen molar-refractivity contribution >= 4 is 11.4 Å². The number of nitriles is 1. The molecule has 5 heteroatoms. The topological polar surface area (TPSA) is 79.0 Å². The van der Waals surface area contributed by atoms with Gasteiger partial charge in [0.2, 0.25) is 0 Å². The van der Waals surface area contributed by atoms with Gasteiger partial charge in [0.05, 0.1) is 16.6 Å². The molecule has 0 unspecified atom stereocenters. The Balaban J connectivity index is 2.11. The van der Waals surface area contributed by atoms with Crippen LogP contribution in [0.2, 0.25) is 0 Å². The van der Waals surface area contributed by atoms with Gasteiger partial charge in [0.25, 0.3) is 5.69 Å². The van der Waals surface area contributed by atoms with Gasteiger partial charge in [-0.25, -0.2) is 0 Å². The quantitative estimate of drug-likeness (QED) is 0.680. The monoisotopic (exact) mass is 267 g/mol. The van der Waals surface area contributed by atoms with Gasteiger partial charge in [-0.2, -0.15) is 5.26 Å². The molecule has 0 aliphatic carbocycles. The molecular weight excluding hydrogens is 254 g/mol. The summed E-state index contributed by atoms with van der Waals surface area (Å²) in [4.78, 5) is 10.3. The third-order valence-corrected chi connectivity index (χ3v) is 2.96. The Morgan fingerprint density at radius 2 is 2.10 bits per heavy atom. The lowest BCUT2D eigenvalue weighted by molar-refractivity contribution is -0.384. The normalized spacial score (nSPS) is 9.80. The summed E-state index contributed by atoms with van der Waals surface area (Å²) in [5.74, 6) is 0. The molecule has 0 spiro atoms. The zero-order chi connectivity index (χ0) is 14.5. The summed E-state index contributed by atoms with van der Waals surface area (Å²) >= 11 is 0. The van der Waals surface area contributed by atoms with Crippen molar-refractivity contribution in [1.82, 2.24) is 0 Å². The highest BCUT2D eigenvalue weighted by molar-refractivity contribution is 5.55. The number of nitro groups is 1. The summed E-state index contributed by atoms with van der Waals surface area (Å²) in [6.45, 7) is 2.38. The minimum absolute atomic E-state index is 0.0829. The van der Waals surface area contributed by atoms with Crippen LogP contribution >= 0.6 is 0 Å². The van der Waals surface area contributed by atoms with E-state index >= 15 is 0 Å². The van der Waals surface area contributed by atoms with Gasteiger partial charge in [0, 0.05) is 24.4 Å². The molecule has 2 aromatic rings. The lowest BCUT2D eigenvalue weighted by Gasteiger charge is -2.09. The lowest BCUT2D eigenvalue weighted by atomic mass is 10.1. The second-order valence-corrected chi connectivity index (χ2v) is 4.42. The molecule has 2 rings (SSSR count). The van der Waals surface area contributed by atoms with Crippen LogP contribution in [0.1, 0.15) is 16.7 Å². The van der Waals surface area contributed by atoms with Crippen molar-refractivity contribution in [3.8, 4) is 6.07 Å². The highest BCUT2D eigenvalue weighted by Gasteiger charge is 2.07. The Hall–Kier alpha value is -2.87. The summed E-state index contributed by atoms with van der Waals surface area (Å²) in [6.07, 6.45) is 0. The van der Waals surface area contributed by atoms with Gasteiger partial charge < -0.3 is 5.32 Å². The van der Waals surface area contributed by atoms with Crippen LogP contribution in [-0.4, -0.2) is 4.92 Å². The Labute approximate surface area is 116 Å². The van der Waals surface area contributed by atoms with Crippen LogP contribution in [0.5, 0.6) is 0 Å². The largest absolute Gasteiger partial charge is 0.381 e. The van der Waals surface area contributed by atoms with E-state index in [-0.39, 0.29) is 5.69 Å². The van der Waals surface area contributed by atoms with Gasteiger partial charge in [0.1, 0.15) is 0 Å². The predicted molar refractivity (Wildman–Crippen MR) is 76.3 cm³/mol. The summed E-state index contributed by atoms with van der Waals surface area (Å²) < 4.78 is 0. The molecule has 0 aliphatic rings. The first kappa shape index (κ1) is 13.6. The number of benzene rings is 2. The lowest BCUT2D eigenvalue weighted by Crippen LogP contribution is -2.01. The second kappa shape index (κ2) is 5.85. The first-order chi connectivity index (χ1) is 9.60. The van der Waals surface area contributed by atoms with E-state index in [4.69, 9.17) is 5.26 Å². The van der Waals surface area contributed by atoms with E-state index in [0.29, 0.717) is 12.1 Å². The predicted octanol–water partition coefficient (Wildman–Crippen LogP) is 3.39. The fourth-order valence-electron chi connectivity index (χ4n) is 1.91. The average Bonchev–Trinajstić information content (AvgIpc) is 2.46. The van der Waals surface area contributed by atoms with Gasteiger partial charge in [0.15, 0.2) is 0 Å². The molecule has 0 radical (unpaired) electrons. The number of anilines is 1. The molecule has 0 amide bonds. The number of nitrogens with zero attached hydrogens (tertiary/aromatic N) is 2. The zero-order valence-corrected chi connectivity index (χ0v) is 11.0. The maximum atomic E-state index is 10.7. The molecule has 0 saturated carbocycles. The molecule has 0 atom stereocenters. The summed E-state index contributed by atoms with van der Waals surface area (Å²) in [7, 11) is 0. The standard InChI is InChI=1S/C15H13N3O2/c1-11-7-14(18(19)20)5-6-15(11)17-10-13-4-2-3-12(8-13)9-16/h2-8,17H,10H2,1H3. The van der Waals surface area contributed by atoms with Crippen molar-refractivity contribution < 1.29 is 4.92 Å². The Kier molecular flexibility index (Phi) is 3.96. The van der Waals surface area contributed by atoms with Crippen molar-refractivity contribution in [3.05, 3.63) is 69.3 Å². The molecule has 1 N–H and O–H groups in total. The van der Waals surface area contributed by atoms with Crippen LogP contribution in [0.3, 0.4) is 0 Å². The highest BCUT2D eigenvalue weighted by Crippen LogP contribution is 2.21. The van der Waals surface area contributed by atoms with Gasteiger partial charge in [-0.15, -0.1) is 0 Å². The van der Waals surface area contributed by atoms with Crippen LogP contribution in [0.4, 0.5) is 11.4 Å². The Morgan fingerprint density at radius 3 is 2.75 bits per heavy atom. The first-order valence-electron chi connectivity index (χ1n) is 6.08. The van der Waals surface area contributed by atoms with E-state index < -0.39 is 4.92 Å². The third-order valence-electron chi connectivity index (χ3n) is 2.96. The SMILES string of the molecule is Cc1cc([N+](=O)[O-])ccc1NCc1cccc(C#N)c1. The summed E-state index contributed by atoms with van der Waals surface area (Å²) in [6, 6.07) is 14.1. The minimum Gasteiger partial charge on any atom is -0.381 e. The molecule has 100 valence electrons. The Bertz CT molecular complexity index is 690. The fraction of sp³-hybridized carbons (Fsp3) is 0.133. The minimum atomic E-state index is -0.410. The molecule has 0 fully saturated rings. The van der Waals surface area contributed by atoms with Gasteiger partial charge >= 0.3 is 0 Å². The van der Waals surface area contributed by atoms with E-state index in [9.17, 15) is 10.1 Å². The molecule has 2 aromatic carbocycles. The third kappa shape index (κ3) is 3.12. The molecule has 0 bridgehead atoms. The van der Waals surface area contributed by atoms with Crippen LogP contribution in [0.25, 0.3) is 0 Å². The van der Waals surface area contributed by atoms with Crippen molar-refractivity contribution in [2.75, 3.05) is 5.32 Å². The van der Waals surface area contributed by atoms with Crippen molar-refractivity contribution in [1.29, 1.82) is 5.26 Å². The Morgan fingerprint density at radius 1 is 1.30 bits per heavy atom. The number of non-ortho nitro benzene ring substituents is 1. The molecule has 0 aromatic heterocycles. The van der Waals surface area contributed by atoms with Crippen LogP contribution < -0.4 is 5.32 Å². The van der Waals surface area contributed by atoms with E-state index in [1.165, 1.54) is 12.1 Å². The van der Waals surface area contributed by atoms with Gasteiger partial charge in [-0.1, -0.05) is 12.1 Å². The van der Waals surface area contributed by atoms with E-state index in [0.717, 1.165) is 16.8 Å². The van der Waals surface area contributed by atoms with Gasteiger partial charge in [-0.3, -0.25) is 10.1 Å². The van der Waals surface area contributed by atoms with Gasteiger partial charge in [-0.05, 0) is 36.2 Å². The molecular formula is C15H13N3O2. The smallest absolute Gasteiger partial charge is 0.269 e. The highest BCUT2D eigenvalue weighted by atomic mass is 16.6. The number of aryl methyl sites for hydroxylation is 1. The molecule has 0 heterocycles. The van der Waals surface area contributed by atoms with Crippen molar-refractivity contribution in [2.45, 2.75) is 13.5 Å². The average molecular weight is 267 g/mol. The van der Waals surface area contributed by atoms with E-state index in [2.05, 4.69) is 11.4 Å². The number of hydrogen-bond acceptors (Lipinski definition) is 4. The number of nitrogens with one attached hydrogen (secondary N) is 1. The fourth-order valence-corrected chi connectivity index (χ4v) is 1.91. The van der Waals surface area contributed by atoms with E-state index in [1.807, 2.05) is 25.1 Å². The zero-order valence-electron chi connectivity index (χ0n) is 11.0. The number of nitro benzene ring substituents is 1. The number of rotatable bonds is 4. The molecule has 0 saturated heterocycles. The molecule has 5 nitrogen and oxygen atoms in total. The second-order valence-electron chi connectivity index (χ2n) is 4.42. The van der Waals surface area contributed by atoms with Crippen LogP contribution in [0.15, 0.2) is 42.5 Å². The van der Waals surface area contributed by atoms with Crippen molar-refractivity contribution in [3.63, 3.8) is 0 Å². The first-order valence-corrected chi connectivity index (χ1v) is 6.08. The van der Waals surface area contributed by atoms with Crippen LogP contribution in [-0.2, 0) is 6.54 Å². The molecule has 20 heavy (non-hydrogen) atoms. The number of hydrogen-bond donors (Lipinski definition) is 1. The summed E-state index contributed by atoms with van der Waals surface area (Å²) in [5, 5.41) is 22.7. The van der Waals surface area contributed by atoms with Crippen molar-refractivity contribution in [2.24, 2.45) is 0 Å². The maximum absolute atomic E-state index is 10.7. The maximum Gasteiger partial charge on any atom is 0.269 e. The molecule has 0 aliphatic heterocycles. The summed E-state index contributed by atoms with van der Waals surface area (Å²) in [5.41, 5.74) is 3.35. The van der Waals surface area contributed by atoms with Crippen LogP contribution in [0, 0.1) is 28.4 Å².